The van der Waals surface area contributed by atoms with Crippen molar-refractivity contribution in [2.45, 2.75) is 6.42 Å². The lowest BCUT2D eigenvalue weighted by Crippen LogP contribution is -2.19. The van der Waals surface area contributed by atoms with Gasteiger partial charge in [0, 0.05) is 0 Å². The summed E-state index contributed by atoms with van der Waals surface area (Å²) in [5.41, 5.74) is 4.60. The van der Waals surface area contributed by atoms with Crippen LogP contribution in [0, 0.1) is 0 Å². The maximum atomic E-state index is 12.2. The second-order valence-corrected chi connectivity index (χ2v) is 6.14. The van der Waals surface area contributed by atoms with Crippen molar-refractivity contribution in [3.05, 3.63) is 95.6 Å². The Morgan fingerprint density at radius 3 is 2.21 bits per heavy atom. The summed E-state index contributed by atoms with van der Waals surface area (Å²) in [4.78, 5) is 24.0. The van der Waals surface area contributed by atoms with Gasteiger partial charge in [-0.05, 0) is 59.7 Å². The zero-order valence-electron chi connectivity index (χ0n) is 15.9. The van der Waals surface area contributed by atoms with Gasteiger partial charge in [-0.3, -0.25) is 4.79 Å². The summed E-state index contributed by atoms with van der Waals surface area (Å²) in [6.45, 7) is 0. The maximum Gasteiger partial charge on any atom is 0.343 e. The molecule has 0 heterocycles. The van der Waals surface area contributed by atoms with Crippen molar-refractivity contribution in [1.82, 2.24) is 5.43 Å². The maximum absolute atomic E-state index is 12.2. The van der Waals surface area contributed by atoms with E-state index in [1.807, 2.05) is 30.3 Å². The van der Waals surface area contributed by atoms with Gasteiger partial charge in [0.25, 0.3) is 0 Å². The number of hydrazone groups is 1. The number of ether oxygens (including phenoxy) is 2. The minimum atomic E-state index is -0.456. The van der Waals surface area contributed by atoms with Crippen LogP contribution < -0.4 is 14.9 Å². The SMILES string of the molecule is COc1ccc(C(=O)Oc2ccc(/C=N\NC(=O)Cc3ccccc3)cc2)cc1. The predicted octanol–water partition coefficient (Wildman–Crippen LogP) is 3.61. The van der Waals surface area contributed by atoms with Gasteiger partial charge in [-0.15, -0.1) is 0 Å². The number of hydrogen-bond acceptors (Lipinski definition) is 5. The lowest BCUT2D eigenvalue weighted by molar-refractivity contribution is -0.120. The number of hydrogen-bond donors (Lipinski definition) is 1. The Hall–Kier alpha value is -3.93. The number of benzene rings is 3. The second-order valence-electron chi connectivity index (χ2n) is 6.14. The average molecular weight is 388 g/mol. The van der Waals surface area contributed by atoms with E-state index in [2.05, 4.69) is 10.5 Å². The van der Waals surface area contributed by atoms with Gasteiger partial charge in [0.05, 0.1) is 25.3 Å². The van der Waals surface area contributed by atoms with Gasteiger partial charge in [-0.25, -0.2) is 10.2 Å². The van der Waals surface area contributed by atoms with E-state index in [1.165, 1.54) is 6.21 Å². The van der Waals surface area contributed by atoms with Crippen molar-refractivity contribution < 1.29 is 19.1 Å². The van der Waals surface area contributed by atoms with E-state index < -0.39 is 5.97 Å². The molecule has 1 N–H and O–H groups in total. The molecular formula is C23H20N2O4. The smallest absolute Gasteiger partial charge is 0.343 e. The number of amides is 1. The van der Waals surface area contributed by atoms with E-state index in [-0.39, 0.29) is 12.3 Å². The number of rotatable bonds is 7. The first-order valence-electron chi connectivity index (χ1n) is 8.96. The summed E-state index contributed by atoms with van der Waals surface area (Å²) >= 11 is 0. The van der Waals surface area contributed by atoms with Gasteiger partial charge in [0.2, 0.25) is 5.91 Å². The highest BCUT2D eigenvalue weighted by Crippen LogP contribution is 2.16. The Balaban J connectivity index is 1.50. The van der Waals surface area contributed by atoms with Crippen LogP contribution in [-0.2, 0) is 11.2 Å². The Bertz CT molecular complexity index is 982. The monoisotopic (exact) mass is 388 g/mol. The Morgan fingerprint density at radius 2 is 1.55 bits per heavy atom. The van der Waals surface area contributed by atoms with Crippen LogP contribution >= 0.6 is 0 Å². The normalized spacial score (nSPS) is 10.5. The Kier molecular flexibility index (Phi) is 6.73. The second kappa shape index (κ2) is 9.85. The predicted molar refractivity (Wildman–Crippen MR) is 110 cm³/mol. The number of carbonyl (C=O) groups excluding carboxylic acids is 2. The first-order chi connectivity index (χ1) is 14.1. The fourth-order valence-corrected chi connectivity index (χ4v) is 2.51. The van der Waals surface area contributed by atoms with E-state index in [0.29, 0.717) is 17.1 Å². The molecule has 0 fully saturated rings. The molecule has 146 valence electrons. The van der Waals surface area contributed by atoms with Crippen molar-refractivity contribution in [3.63, 3.8) is 0 Å². The molecule has 0 saturated carbocycles. The summed E-state index contributed by atoms with van der Waals surface area (Å²) in [6.07, 6.45) is 1.79. The molecule has 3 rings (SSSR count). The van der Waals surface area contributed by atoms with Crippen molar-refractivity contribution in [1.29, 1.82) is 0 Å². The molecule has 0 saturated heterocycles. The lowest BCUT2D eigenvalue weighted by atomic mass is 10.1. The van der Waals surface area contributed by atoms with Crippen molar-refractivity contribution >= 4 is 18.1 Å². The van der Waals surface area contributed by atoms with Crippen LogP contribution in [0.2, 0.25) is 0 Å². The molecule has 0 radical (unpaired) electrons. The number of nitrogens with zero attached hydrogens (tertiary/aromatic N) is 1. The van der Waals surface area contributed by atoms with Gasteiger partial charge < -0.3 is 9.47 Å². The Labute approximate surface area is 168 Å². The van der Waals surface area contributed by atoms with Crippen LogP contribution in [0.3, 0.4) is 0 Å². The van der Waals surface area contributed by atoms with Crippen molar-refractivity contribution in [2.75, 3.05) is 7.11 Å². The van der Waals surface area contributed by atoms with Crippen LogP contribution in [0.5, 0.6) is 11.5 Å². The molecular weight excluding hydrogens is 368 g/mol. The molecule has 0 spiro atoms. The standard InChI is InChI=1S/C23H20N2O4/c1-28-20-13-9-19(10-14-20)23(27)29-21-11-7-18(8-12-21)16-24-25-22(26)15-17-5-3-2-4-6-17/h2-14,16H,15H2,1H3,(H,25,26)/b24-16-. The van der Waals surface area contributed by atoms with E-state index in [1.54, 1.807) is 55.6 Å². The van der Waals surface area contributed by atoms with E-state index in [4.69, 9.17) is 9.47 Å². The minimum absolute atomic E-state index is 0.197. The quantitative estimate of drug-likeness (QED) is 0.290. The van der Waals surface area contributed by atoms with Crippen LogP contribution in [0.1, 0.15) is 21.5 Å². The molecule has 0 atom stereocenters. The first kappa shape index (κ1) is 19.8. The molecule has 0 aromatic heterocycles. The number of methoxy groups -OCH3 is 1. The largest absolute Gasteiger partial charge is 0.497 e. The molecule has 0 bridgehead atoms. The molecule has 3 aromatic carbocycles. The van der Waals surface area contributed by atoms with Gasteiger partial charge >= 0.3 is 5.97 Å². The van der Waals surface area contributed by atoms with E-state index in [9.17, 15) is 9.59 Å². The summed E-state index contributed by atoms with van der Waals surface area (Å²) in [6, 6.07) is 22.9. The topological polar surface area (TPSA) is 77.0 Å². The highest BCUT2D eigenvalue weighted by Gasteiger charge is 2.08. The third-order valence-electron chi connectivity index (χ3n) is 4.03. The molecule has 6 nitrogen and oxygen atoms in total. The van der Waals surface area contributed by atoms with Crippen LogP contribution in [0.25, 0.3) is 0 Å². The summed E-state index contributed by atoms with van der Waals surface area (Å²) in [5, 5.41) is 3.95. The molecule has 0 aliphatic carbocycles. The summed E-state index contributed by atoms with van der Waals surface area (Å²) in [7, 11) is 1.56. The molecule has 1 amide bonds. The first-order valence-corrected chi connectivity index (χ1v) is 8.96. The zero-order chi connectivity index (χ0) is 20.5. The summed E-state index contributed by atoms with van der Waals surface area (Å²) < 4.78 is 10.4. The minimum Gasteiger partial charge on any atom is -0.497 e. The third kappa shape index (κ3) is 6.04. The highest BCUT2D eigenvalue weighted by atomic mass is 16.5. The zero-order valence-corrected chi connectivity index (χ0v) is 15.9. The van der Waals surface area contributed by atoms with E-state index in [0.717, 1.165) is 11.1 Å². The summed E-state index contributed by atoms with van der Waals surface area (Å²) in [5.74, 6) is 0.428. The van der Waals surface area contributed by atoms with Gasteiger partial charge in [0.1, 0.15) is 11.5 Å². The third-order valence-corrected chi connectivity index (χ3v) is 4.03. The van der Waals surface area contributed by atoms with Crippen molar-refractivity contribution in [3.8, 4) is 11.5 Å². The van der Waals surface area contributed by atoms with Gasteiger partial charge in [-0.1, -0.05) is 30.3 Å². The molecule has 6 heteroatoms. The van der Waals surface area contributed by atoms with Crippen molar-refractivity contribution in [2.24, 2.45) is 5.10 Å². The number of esters is 1. The highest BCUT2D eigenvalue weighted by molar-refractivity contribution is 5.91. The number of nitrogens with one attached hydrogen (secondary N) is 1. The fraction of sp³-hybridized carbons (Fsp3) is 0.0870. The molecule has 0 aliphatic heterocycles. The van der Waals surface area contributed by atoms with Crippen LogP contribution in [0.4, 0.5) is 0 Å². The number of carbonyl (C=O) groups is 2. The lowest BCUT2D eigenvalue weighted by Gasteiger charge is -2.05. The molecule has 0 unspecified atom stereocenters. The van der Waals surface area contributed by atoms with Gasteiger partial charge in [-0.2, -0.15) is 5.10 Å². The fourth-order valence-electron chi connectivity index (χ4n) is 2.51. The molecule has 29 heavy (non-hydrogen) atoms. The van der Waals surface area contributed by atoms with Gasteiger partial charge in [0.15, 0.2) is 0 Å². The molecule has 0 aliphatic rings. The molecule has 3 aromatic rings. The average Bonchev–Trinajstić information content (AvgIpc) is 2.75. The Morgan fingerprint density at radius 1 is 0.897 bits per heavy atom. The van der Waals surface area contributed by atoms with Crippen LogP contribution in [-0.4, -0.2) is 25.2 Å². The van der Waals surface area contributed by atoms with Crippen LogP contribution in [0.15, 0.2) is 84.0 Å². The van der Waals surface area contributed by atoms with E-state index >= 15 is 0 Å².